The van der Waals surface area contributed by atoms with Crippen molar-refractivity contribution in [2.24, 2.45) is 11.8 Å². The van der Waals surface area contributed by atoms with Crippen LogP contribution in [-0.4, -0.2) is 34.9 Å². The number of nitrogens with zero attached hydrogens (tertiary/aromatic N) is 1. The molecule has 1 heterocycles. The molecule has 1 aliphatic carbocycles. The fourth-order valence-corrected chi connectivity index (χ4v) is 5.35. The summed E-state index contributed by atoms with van der Waals surface area (Å²) in [6.45, 7) is 4.99. The molecular weight excluding hydrogens is 438 g/mol. The highest BCUT2D eigenvalue weighted by atomic mass is 19.3. The summed E-state index contributed by atoms with van der Waals surface area (Å²) in [5.41, 5.74) is 3.22. The molecule has 0 radical (unpaired) electrons. The van der Waals surface area contributed by atoms with E-state index in [4.69, 9.17) is 0 Å². The van der Waals surface area contributed by atoms with Crippen LogP contribution in [0.5, 0.6) is 5.75 Å². The van der Waals surface area contributed by atoms with Crippen LogP contribution in [0.15, 0.2) is 48.5 Å². The molecule has 0 unspecified atom stereocenters. The number of nitrogens with one attached hydrogen (secondary N) is 1. The first-order valence-electron chi connectivity index (χ1n) is 12.0. The maximum absolute atomic E-state index is 13.8. The van der Waals surface area contributed by atoms with E-state index in [-0.39, 0.29) is 35.9 Å². The maximum Gasteiger partial charge on any atom is 0.394 e. The van der Waals surface area contributed by atoms with Crippen molar-refractivity contribution in [3.63, 3.8) is 0 Å². The highest BCUT2D eigenvalue weighted by molar-refractivity contribution is 5.97. The minimum atomic E-state index is -3.27. The Balaban J connectivity index is 1.58. The van der Waals surface area contributed by atoms with Gasteiger partial charge < -0.3 is 15.0 Å². The Bertz CT molecular complexity index is 1010. The van der Waals surface area contributed by atoms with E-state index in [1.807, 2.05) is 26.0 Å². The van der Waals surface area contributed by atoms with Gasteiger partial charge in [-0.05, 0) is 53.5 Å². The fourth-order valence-electron chi connectivity index (χ4n) is 5.35. The molecule has 1 aliphatic heterocycles. The molecule has 0 bridgehead atoms. The lowest BCUT2D eigenvalue weighted by molar-refractivity contribution is -0.159. The summed E-state index contributed by atoms with van der Waals surface area (Å²) in [5, 5.41) is 3.06. The Labute approximate surface area is 199 Å². The molecule has 0 spiro atoms. The number of hydrogen-bond acceptors (Lipinski definition) is 3. The third-order valence-corrected chi connectivity index (χ3v) is 7.07. The summed E-state index contributed by atoms with van der Waals surface area (Å²) in [6, 6.07) is 13.3. The fraction of sp³-hybridized carbons (Fsp3) is 0.481. The predicted octanol–water partition coefficient (Wildman–Crippen LogP) is 4.72. The standard InChI is InChI=1S/C27H32F2N2O3/c1-4-18(5-2)24-25(32)30-23(21-14-19-8-6-7-9-20(19)15-21)26(33)31(24)16-17-10-12-22(13-11-17)34-27(3,28)29/h6-13,18,21,23-24H,4-5,14-16H2,1-3H3,(H,30,32)/t23-,24-/m1/s1. The first-order valence-corrected chi connectivity index (χ1v) is 12.0. The quantitative estimate of drug-likeness (QED) is 0.607. The van der Waals surface area contributed by atoms with E-state index in [2.05, 4.69) is 22.2 Å². The number of hydrogen-bond donors (Lipinski definition) is 1. The van der Waals surface area contributed by atoms with Crippen LogP contribution in [0.2, 0.25) is 0 Å². The topological polar surface area (TPSA) is 58.6 Å². The minimum absolute atomic E-state index is 0.0153. The van der Waals surface area contributed by atoms with Crippen molar-refractivity contribution in [3.8, 4) is 5.75 Å². The van der Waals surface area contributed by atoms with Crippen LogP contribution in [0, 0.1) is 11.8 Å². The summed E-state index contributed by atoms with van der Waals surface area (Å²) in [4.78, 5) is 28.8. The maximum atomic E-state index is 13.8. The number of benzene rings is 2. The SMILES string of the molecule is CCC(CC)[C@@H]1C(=O)N[C@H](C2Cc3ccccc3C2)C(=O)N1Cc1ccc(OC(C)(F)F)cc1. The average molecular weight is 471 g/mol. The first kappa shape index (κ1) is 24.2. The van der Waals surface area contributed by atoms with E-state index >= 15 is 0 Å². The van der Waals surface area contributed by atoms with E-state index in [0.717, 1.165) is 31.2 Å². The van der Waals surface area contributed by atoms with Crippen LogP contribution >= 0.6 is 0 Å². The molecule has 4 rings (SSSR count). The smallest absolute Gasteiger partial charge is 0.394 e. The number of carbonyl (C=O) groups excluding carboxylic acids is 2. The highest BCUT2D eigenvalue weighted by Crippen LogP contribution is 2.33. The summed E-state index contributed by atoms with van der Waals surface area (Å²) < 4.78 is 30.9. The van der Waals surface area contributed by atoms with Crippen molar-refractivity contribution in [2.45, 2.75) is 71.2 Å². The summed E-state index contributed by atoms with van der Waals surface area (Å²) in [5.74, 6) is -0.0831. The van der Waals surface area contributed by atoms with Gasteiger partial charge >= 0.3 is 6.11 Å². The molecule has 2 aliphatic rings. The van der Waals surface area contributed by atoms with Gasteiger partial charge in [-0.2, -0.15) is 8.78 Å². The molecule has 2 aromatic carbocycles. The molecule has 7 heteroatoms. The van der Waals surface area contributed by atoms with Gasteiger partial charge in [-0.15, -0.1) is 0 Å². The van der Waals surface area contributed by atoms with Crippen molar-refractivity contribution in [2.75, 3.05) is 0 Å². The molecule has 34 heavy (non-hydrogen) atoms. The number of fused-ring (bicyclic) bond motifs is 1. The number of carbonyl (C=O) groups is 2. The van der Waals surface area contributed by atoms with Gasteiger partial charge in [0.1, 0.15) is 17.8 Å². The van der Waals surface area contributed by atoms with Crippen LogP contribution in [0.25, 0.3) is 0 Å². The van der Waals surface area contributed by atoms with Gasteiger partial charge in [-0.25, -0.2) is 0 Å². The highest BCUT2D eigenvalue weighted by Gasteiger charge is 2.46. The molecule has 0 saturated carbocycles. The number of halogens is 2. The Morgan fingerprint density at radius 2 is 1.62 bits per heavy atom. The van der Waals surface area contributed by atoms with Crippen molar-refractivity contribution in [1.29, 1.82) is 0 Å². The second kappa shape index (κ2) is 9.72. The van der Waals surface area contributed by atoms with Crippen LogP contribution < -0.4 is 10.1 Å². The van der Waals surface area contributed by atoms with E-state index in [0.29, 0.717) is 6.92 Å². The zero-order chi connectivity index (χ0) is 24.5. The normalized spacial score (nSPS) is 21.1. The molecule has 2 amide bonds. The van der Waals surface area contributed by atoms with Crippen molar-refractivity contribution < 1.29 is 23.1 Å². The zero-order valence-corrected chi connectivity index (χ0v) is 19.9. The van der Waals surface area contributed by atoms with Gasteiger partial charge in [-0.1, -0.05) is 63.1 Å². The molecule has 182 valence electrons. The second-order valence-electron chi connectivity index (χ2n) is 9.46. The monoisotopic (exact) mass is 470 g/mol. The number of amides is 2. The van der Waals surface area contributed by atoms with Gasteiger partial charge in [0.2, 0.25) is 11.8 Å². The Morgan fingerprint density at radius 1 is 1.03 bits per heavy atom. The molecule has 1 saturated heterocycles. The van der Waals surface area contributed by atoms with E-state index in [1.165, 1.54) is 23.3 Å². The predicted molar refractivity (Wildman–Crippen MR) is 125 cm³/mol. The second-order valence-corrected chi connectivity index (χ2v) is 9.46. The molecule has 1 fully saturated rings. The van der Waals surface area contributed by atoms with E-state index in [9.17, 15) is 18.4 Å². The average Bonchev–Trinajstić information content (AvgIpc) is 3.22. The largest absolute Gasteiger partial charge is 0.433 e. The van der Waals surface area contributed by atoms with Crippen molar-refractivity contribution in [3.05, 3.63) is 65.2 Å². The van der Waals surface area contributed by atoms with Crippen LogP contribution in [-0.2, 0) is 29.0 Å². The van der Waals surface area contributed by atoms with Crippen LogP contribution in [0.3, 0.4) is 0 Å². The number of alkyl halides is 2. The lowest BCUT2D eigenvalue weighted by atomic mass is 9.86. The van der Waals surface area contributed by atoms with E-state index in [1.54, 1.807) is 17.0 Å². The Hall–Kier alpha value is -2.96. The van der Waals surface area contributed by atoms with Gasteiger partial charge in [-0.3, -0.25) is 9.59 Å². The van der Waals surface area contributed by atoms with Crippen molar-refractivity contribution in [1.82, 2.24) is 10.2 Å². The third-order valence-electron chi connectivity index (χ3n) is 7.07. The molecule has 1 N–H and O–H groups in total. The van der Waals surface area contributed by atoms with Crippen LogP contribution in [0.1, 0.15) is 50.3 Å². The number of piperazine rings is 1. The van der Waals surface area contributed by atoms with E-state index < -0.39 is 18.2 Å². The summed E-state index contributed by atoms with van der Waals surface area (Å²) >= 11 is 0. The minimum Gasteiger partial charge on any atom is -0.433 e. The van der Waals surface area contributed by atoms with Gasteiger partial charge in [0.25, 0.3) is 0 Å². The van der Waals surface area contributed by atoms with Crippen molar-refractivity contribution >= 4 is 11.8 Å². The molecule has 2 atom stereocenters. The van der Waals surface area contributed by atoms with Gasteiger partial charge in [0.15, 0.2) is 0 Å². The summed E-state index contributed by atoms with van der Waals surface area (Å²) in [6.07, 6.45) is -0.206. The molecule has 5 nitrogen and oxygen atoms in total. The Kier molecular flexibility index (Phi) is 6.91. The summed E-state index contributed by atoms with van der Waals surface area (Å²) in [7, 11) is 0. The molecular formula is C27H32F2N2O3. The Morgan fingerprint density at radius 3 is 2.15 bits per heavy atom. The zero-order valence-electron chi connectivity index (χ0n) is 19.9. The molecule has 0 aromatic heterocycles. The lowest BCUT2D eigenvalue weighted by Crippen LogP contribution is -2.66. The third kappa shape index (κ3) is 5.08. The number of ether oxygens (including phenoxy) is 1. The lowest BCUT2D eigenvalue weighted by Gasteiger charge is -2.43. The first-order chi connectivity index (χ1) is 16.2. The molecule has 2 aromatic rings. The number of rotatable bonds is 8. The van der Waals surface area contributed by atoms with Gasteiger partial charge in [0, 0.05) is 13.5 Å². The van der Waals surface area contributed by atoms with Gasteiger partial charge in [0.05, 0.1) is 0 Å². The van der Waals surface area contributed by atoms with Crippen LogP contribution in [0.4, 0.5) is 8.78 Å².